The van der Waals surface area contributed by atoms with Gasteiger partial charge in [-0.25, -0.2) is 4.79 Å². The van der Waals surface area contributed by atoms with Crippen LogP contribution in [0.3, 0.4) is 0 Å². The fourth-order valence-corrected chi connectivity index (χ4v) is 4.70. The van der Waals surface area contributed by atoms with Gasteiger partial charge in [0.2, 0.25) is 11.8 Å². The van der Waals surface area contributed by atoms with Gasteiger partial charge in [-0.3, -0.25) is 14.5 Å². The lowest BCUT2D eigenvalue weighted by Gasteiger charge is -2.26. The van der Waals surface area contributed by atoms with Gasteiger partial charge in [-0.15, -0.1) is 0 Å². The highest BCUT2D eigenvalue weighted by molar-refractivity contribution is 6.30. The van der Waals surface area contributed by atoms with Crippen LogP contribution in [0.5, 0.6) is 5.75 Å². The number of carbonyl (C=O) groups excluding carboxylic acids is 3. The molecule has 2 unspecified atom stereocenters. The van der Waals surface area contributed by atoms with Crippen LogP contribution in [0.1, 0.15) is 30.5 Å². The zero-order valence-electron chi connectivity index (χ0n) is 19.7. The minimum Gasteiger partial charge on any atom is -0.496 e. The van der Waals surface area contributed by atoms with Gasteiger partial charge in [0.25, 0.3) is 0 Å². The molecule has 1 aliphatic heterocycles. The number of fused-ring (bicyclic) bond motifs is 1. The van der Waals surface area contributed by atoms with E-state index in [1.807, 2.05) is 49.4 Å². The third-order valence-electron chi connectivity index (χ3n) is 6.32. The number of methoxy groups -OCH3 is 1. The first-order chi connectivity index (χ1) is 16.9. The standard InChI is InChI=1S/C27H28ClN3O4/c1-3-23(22-10-6-8-17-7-4-5-9-21(17)22)30-27(34)31-16-25(32)29-15-19(26(31)33)13-18-14-20(28)11-12-24(18)35-2/h4-12,14,19,23H,3,13,15-16H2,1-2H3,(H,29,32)(H,30,34). The smallest absolute Gasteiger partial charge is 0.325 e. The van der Waals surface area contributed by atoms with E-state index in [-0.39, 0.29) is 31.5 Å². The van der Waals surface area contributed by atoms with Crippen LogP contribution in [0.2, 0.25) is 5.02 Å². The van der Waals surface area contributed by atoms with Crippen molar-refractivity contribution in [3.8, 4) is 5.75 Å². The van der Waals surface area contributed by atoms with Gasteiger partial charge in [0.15, 0.2) is 0 Å². The third-order valence-corrected chi connectivity index (χ3v) is 6.56. The molecule has 1 aliphatic rings. The van der Waals surface area contributed by atoms with Crippen LogP contribution in [0.25, 0.3) is 10.8 Å². The Bertz CT molecular complexity index is 1260. The molecule has 35 heavy (non-hydrogen) atoms. The zero-order valence-corrected chi connectivity index (χ0v) is 20.5. The molecule has 3 aromatic rings. The summed E-state index contributed by atoms with van der Waals surface area (Å²) in [6.45, 7) is 1.76. The van der Waals surface area contributed by atoms with Gasteiger partial charge in [-0.2, -0.15) is 0 Å². The summed E-state index contributed by atoms with van der Waals surface area (Å²) in [7, 11) is 1.54. The molecule has 0 radical (unpaired) electrons. The Labute approximate surface area is 209 Å². The molecule has 1 heterocycles. The minimum atomic E-state index is -0.641. The average Bonchev–Trinajstić information content (AvgIpc) is 3.00. The number of amides is 4. The molecule has 4 rings (SSSR count). The highest BCUT2D eigenvalue weighted by atomic mass is 35.5. The summed E-state index contributed by atoms with van der Waals surface area (Å²) >= 11 is 6.15. The number of nitrogens with one attached hydrogen (secondary N) is 2. The molecule has 3 aromatic carbocycles. The number of hydrogen-bond acceptors (Lipinski definition) is 4. The van der Waals surface area contributed by atoms with Crippen LogP contribution in [-0.2, 0) is 16.0 Å². The van der Waals surface area contributed by atoms with Gasteiger partial charge < -0.3 is 15.4 Å². The van der Waals surface area contributed by atoms with Crippen molar-refractivity contribution in [3.63, 3.8) is 0 Å². The molecule has 1 fully saturated rings. The first-order valence-corrected chi connectivity index (χ1v) is 12.0. The van der Waals surface area contributed by atoms with Crippen molar-refractivity contribution in [2.45, 2.75) is 25.8 Å². The minimum absolute atomic E-state index is 0.123. The van der Waals surface area contributed by atoms with E-state index in [2.05, 4.69) is 10.6 Å². The maximum Gasteiger partial charge on any atom is 0.325 e. The number of imide groups is 1. The van der Waals surface area contributed by atoms with Crippen molar-refractivity contribution in [1.82, 2.24) is 15.5 Å². The molecule has 182 valence electrons. The van der Waals surface area contributed by atoms with Gasteiger partial charge in [0.1, 0.15) is 12.3 Å². The Kier molecular flexibility index (Phi) is 7.56. The molecule has 8 heteroatoms. The third kappa shape index (κ3) is 5.41. The number of hydrogen-bond donors (Lipinski definition) is 2. The molecule has 2 atom stereocenters. The van der Waals surface area contributed by atoms with E-state index < -0.39 is 17.9 Å². The summed E-state index contributed by atoms with van der Waals surface area (Å²) in [5, 5.41) is 8.35. The van der Waals surface area contributed by atoms with E-state index in [4.69, 9.17) is 16.3 Å². The lowest BCUT2D eigenvalue weighted by molar-refractivity contribution is -0.133. The molecule has 0 aliphatic carbocycles. The maximum absolute atomic E-state index is 13.4. The van der Waals surface area contributed by atoms with Gasteiger partial charge in [-0.05, 0) is 52.9 Å². The van der Waals surface area contributed by atoms with E-state index in [1.54, 1.807) is 25.3 Å². The Morgan fingerprint density at radius 3 is 2.71 bits per heavy atom. The van der Waals surface area contributed by atoms with Crippen molar-refractivity contribution in [1.29, 1.82) is 0 Å². The van der Waals surface area contributed by atoms with Gasteiger partial charge in [-0.1, -0.05) is 61.0 Å². The molecule has 4 amide bonds. The molecule has 0 spiro atoms. The van der Waals surface area contributed by atoms with Crippen LogP contribution < -0.4 is 15.4 Å². The number of rotatable bonds is 6. The summed E-state index contributed by atoms with van der Waals surface area (Å²) < 4.78 is 5.40. The monoisotopic (exact) mass is 493 g/mol. The van der Waals surface area contributed by atoms with Crippen LogP contribution >= 0.6 is 11.6 Å². The second kappa shape index (κ2) is 10.8. The summed E-state index contributed by atoms with van der Waals surface area (Å²) in [6, 6.07) is 18.2. The average molecular weight is 494 g/mol. The van der Waals surface area contributed by atoms with Crippen molar-refractivity contribution in [2.24, 2.45) is 5.92 Å². The number of ether oxygens (including phenoxy) is 1. The second-order valence-electron chi connectivity index (χ2n) is 8.56. The van der Waals surface area contributed by atoms with Crippen LogP contribution in [-0.4, -0.2) is 42.9 Å². The first kappa shape index (κ1) is 24.5. The number of carbonyl (C=O) groups is 3. The molecule has 7 nitrogen and oxygen atoms in total. The first-order valence-electron chi connectivity index (χ1n) is 11.6. The second-order valence-corrected chi connectivity index (χ2v) is 9.00. The van der Waals surface area contributed by atoms with Gasteiger partial charge in [0, 0.05) is 11.6 Å². The summed E-state index contributed by atoms with van der Waals surface area (Å²) in [6.07, 6.45) is 0.893. The maximum atomic E-state index is 13.4. The Morgan fingerprint density at radius 1 is 1.17 bits per heavy atom. The van der Waals surface area contributed by atoms with Crippen molar-refractivity contribution >= 4 is 40.2 Å². The molecule has 2 N–H and O–H groups in total. The molecule has 0 saturated carbocycles. The SMILES string of the molecule is CCC(NC(=O)N1CC(=O)NCC(Cc2cc(Cl)ccc2OC)C1=O)c1cccc2ccccc12. The molecule has 0 aromatic heterocycles. The topological polar surface area (TPSA) is 87.7 Å². The van der Waals surface area contributed by atoms with Crippen LogP contribution in [0, 0.1) is 5.92 Å². The lowest BCUT2D eigenvalue weighted by Crippen LogP contribution is -2.48. The van der Waals surface area contributed by atoms with E-state index in [1.165, 1.54) is 0 Å². The van der Waals surface area contributed by atoms with Gasteiger partial charge in [0.05, 0.1) is 19.1 Å². The van der Waals surface area contributed by atoms with Crippen molar-refractivity contribution < 1.29 is 19.1 Å². The summed E-state index contributed by atoms with van der Waals surface area (Å²) in [4.78, 5) is 40.2. The van der Waals surface area contributed by atoms with Crippen LogP contribution in [0.15, 0.2) is 60.7 Å². The Balaban J connectivity index is 1.57. The van der Waals surface area contributed by atoms with E-state index in [0.717, 1.165) is 26.8 Å². The Hall–Kier alpha value is -3.58. The number of urea groups is 1. The fourth-order valence-electron chi connectivity index (χ4n) is 4.51. The number of nitrogens with zero attached hydrogens (tertiary/aromatic N) is 1. The molecule has 1 saturated heterocycles. The van der Waals surface area contributed by atoms with Crippen molar-refractivity contribution in [3.05, 3.63) is 76.8 Å². The quantitative estimate of drug-likeness (QED) is 0.530. The van der Waals surface area contributed by atoms with Crippen LogP contribution in [0.4, 0.5) is 4.79 Å². The predicted molar refractivity (Wildman–Crippen MR) is 135 cm³/mol. The normalized spacial score (nSPS) is 17.0. The van der Waals surface area contributed by atoms with E-state index in [0.29, 0.717) is 17.2 Å². The summed E-state index contributed by atoms with van der Waals surface area (Å²) in [5.41, 5.74) is 1.70. The largest absolute Gasteiger partial charge is 0.496 e. The lowest BCUT2D eigenvalue weighted by atomic mass is 9.96. The Morgan fingerprint density at radius 2 is 1.94 bits per heavy atom. The highest BCUT2D eigenvalue weighted by Crippen LogP contribution is 2.28. The fraction of sp³-hybridized carbons (Fsp3) is 0.296. The zero-order chi connectivity index (χ0) is 24.9. The molecular formula is C27H28ClN3O4. The number of benzene rings is 3. The molecular weight excluding hydrogens is 466 g/mol. The van der Waals surface area contributed by atoms with Gasteiger partial charge >= 0.3 is 6.03 Å². The molecule has 0 bridgehead atoms. The number of halogens is 1. The van der Waals surface area contributed by atoms with E-state index in [9.17, 15) is 14.4 Å². The van der Waals surface area contributed by atoms with Crippen molar-refractivity contribution in [2.75, 3.05) is 20.2 Å². The highest BCUT2D eigenvalue weighted by Gasteiger charge is 2.35. The predicted octanol–water partition coefficient (Wildman–Crippen LogP) is 4.48. The summed E-state index contributed by atoms with van der Waals surface area (Å²) in [5.74, 6) is -0.851. The van der Waals surface area contributed by atoms with E-state index >= 15 is 0 Å².